The second-order valence-corrected chi connectivity index (χ2v) is 7.07. The number of pyridine rings is 1. The molecule has 0 fully saturated rings. The number of halogens is 2. The first-order valence-electron chi connectivity index (χ1n) is 7.77. The lowest BCUT2D eigenvalue weighted by atomic mass is 9.92. The highest BCUT2D eigenvalue weighted by atomic mass is 35.5. The van der Waals surface area contributed by atoms with Crippen molar-refractivity contribution in [3.8, 4) is 0 Å². The lowest BCUT2D eigenvalue weighted by Gasteiger charge is -2.18. The van der Waals surface area contributed by atoms with Gasteiger partial charge in [-0.2, -0.15) is 11.8 Å². The number of alkyl halides is 1. The molecule has 0 radical (unpaired) electrons. The van der Waals surface area contributed by atoms with Crippen molar-refractivity contribution in [3.05, 3.63) is 35.5 Å². The van der Waals surface area contributed by atoms with Gasteiger partial charge in [0.25, 0.3) is 0 Å². The summed E-state index contributed by atoms with van der Waals surface area (Å²) in [5.74, 6) is 2.95. The van der Waals surface area contributed by atoms with E-state index >= 15 is 0 Å². The second-order valence-electron chi connectivity index (χ2n) is 5.47. The molecule has 1 aliphatic carbocycles. The lowest BCUT2D eigenvalue weighted by molar-refractivity contribution is -0.565. The standard InChI is InChI=1S/C17H21ClN2S.ClH/c18-9-11-21-12-10-19-17-13-5-1-3-7-15(13)20-16-8-4-2-6-14(16)17;/h1,3,5,7H,2,4,6,8-12H2,(H,19,20);1H. The van der Waals surface area contributed by atoms with Crippen LogP contribution in [0.3, 0.4) is 0 Å². The molecule has 2 N–H and O–H groups in total. The number of thioether (sulfide) groups is 1. The fourth-order valence-electron chi connectivity index (χ4n) is 3.09. The summed E-state index contributed by atoms with van der Waals surface area (Å²) < 4.78 is 0. The van der Waals surface area contributed by atoms with Gasteiger partial charge in [0.2, 0.25) is 0 Å². The summed E-state index contributed by atoms with van der Waals surface area (Å²) in [6.45, 7) is 1.11. The fourth-order valence-corrected chi connectivity index (χ4v) is 4.01. The smallest absolute Gasteiger partial charge is 0.144 e. The van der Waals surface area contributed by atoms with Crippen molar-refractivity contribution in [3.63, 3.8) is 0 Å². The molecule has 2 nitrogen and oxygen atoms in total. The van der Waals surface area contributed by atoms with Crippen LogP contribution in [-0.2, 0) is 12.8 Å². The van der Waals surface area contributed by atoms with Gasteiger partial charge in [-0.25, -0.2) is 0 Å². The average molecular weight is 357 g/mol. The molecule has 22 heavy (non-hydrogen) atoms. The molecule has 0 unspecified atom stereocenters. The fraction of sp³-hybridized carbons (Fsp3) is 0.471. The van der Waals surface area contributed by atoms with Crippen LogP contribution in [0, 0.1) is 0 Å². The Labute approximate surface area is 147 Å². The van der Waals surface area contributed by atoms with E-state index in [4.69, 9.17) is 16.6 Å². The molecule has 1 aliphatic rings. The van der Waals surface area contributed by atoms with Crippen molar-refractivity contribution in [1.29, 1.82) is 0 Å². The van der Waals surface area contributed by atoms with E-state index in [2.05, 4.69) is 29.6 Å². The van der Waals surface area contributed by atoms with Gasteiger partial charge in [-0.3, -0.25) is 4.98 Å². The zero-order valence-electron chi connectivity index (χ0n) is 12.7. The normalized spacial score (nSPS) is 13.7. The van der Waals surface area contributed by atoms with Crippen molar-refractivity contribution in [2.75, 3.05) is 23.9 Å². The summed E-state index contributed by atoms with van der Waals surface area (Å²) in [7, 11) is 0. The molecule has 0 aliphatic heterocycles. The number of benzene rings is 1. The first-order chi connectivity index (χ1) is 10.4. The van der Waals surface area contributed by atoms with Gasteiger partial charge in [0.1, 0.15) is 5.69 Å². The van der Waals surface area contributed by atoms with Crippen LogP contribution >= 0.6 is 23.4 Å². The number of aromatic nitrogens is 1. The van der Waals surface area contributed by atoms with Crippen LogP contribution in [-0.4, -0.2) is 28.9 Å². The van der Waals surface area contributed by atoms with Crippen LogP contribution in [0.1, 0.15) is 24.1 Å². The Balaban J connectivity index is 0.00000176. The zero-order chi connectivity index (χ0) is 14.5. The quantitative estimate of drug-likeness (QED) is 0.595. The highest BCUT2D eigenvalue weighted by molar-refractivity contribution is 7.99. The number of nitrogens with two attached hydrogens (primary N) is 1. The molecule has 0 saturated carbocycles. The largest absolute Gasteiger partial charge is 1.00 e. The van der Waals surface area contributed by atoms with Crippen LogP contribution in [0.25, 0.3) is 10.9 Å². The van der Waals surface area contributed by atoms with Gasteiger partial charge in [0.15, 0.2) is 0 Å². The number of hydrogen-bond acceptors (Lipinski definition) is 2. The predicted octanol–water partition coefficient (Wildman–Crippen LogP) is 0.285. The summed E-state index contributed by atoms with van der Waals surface area (Å²) in [5, 5.41) is 3.75. The maximum absolute atomic E-state index is 5.73. The second kappa shape index (κ2) is 8.97. The summed E-state index contributed by atoms with van der Waals surface area (Å²) in [5.41, 5.74) is 5.43. The molecular weight excluding hydrogens is 335 g/mol. The molecule has 0 amide bonds. The molecule has 1 aromatic heterocycles. The Morgan fingerprint density at radius 3 is 2.82 bits per heavy atom. The third-order valence-electron chi connectivity index (χ3n) is 4.05. The first-order valence-corrected chi connectivity index (χ1v) is 9.46. The minimum Gasteiger partial charge on any atom is -1.00 e. The highest BCUT2D eigenvalue weighted by Gasteiger charge is 2.20. The minimum absolute atomic E-state index is 0. The summed E-state index contributed by atoms with van der Waals surface area (Å²) >= 11 is 7.67. The van der Waals surface area contributed by atoms with Gasteiger partial charge in [0.05, 0.1) is 23.1 Å². The number of hydrogen-bond donors (Lipinski definition) is 1. The molecule has 1 aromatic carbocycles. The van der Waals surface area contributed by atoms with Crippen molar-refractivity contribution in [2.24, 2.45) is 0 Å². The molecule has 0 atom stereocenters. The lowest BCUT2D eigenvalue weighted by Crippen LogP contribution is -3.00. The molecule has 0 bridgehead atoms. The molecule has 5 heteroatoms. The number of quaternary nitrogens is 1. The molecule has 120 valence electrons. The Hall–Kier alpha value is -0.480. The molecule has 3 rings (SSSR count). The zero-order valence-corrected chi connectivity index (χ0v) is 15.0. The molecule has 1 heterocycles. The van der Waals surface area contributed by atoms with E-state index in [9.17, 15) is 0 Å². The van der Waals surface area contributed by atoms with Gasteiger partial charge in [-0.15, -0.1) is 11.6 Å². The van der Waals surface area contributed by atoms with Crippen molar-refractivity contribution in [1.82, 2.24) is 4.98 Å². The van der Waals surface area contributed by atoms with E-state index in [-0.39, 0.29) is 12.4 Å². The van der Waals surface area contributed by atoms with E-state index in [1.54, 1.807) is 0 Å². The van der Waals surface area contributed by atoms with E-state index in [0.717, 1.165) is 35.9 Å². The van der Waals surface area contributed by atoms with E-state index < -0.39 is 0 Å². The number of rotatable bonds is 6. The van der Waals surface area contributed by atoms with Gasteiger partial charge in [0, 0.05) is 22.9 Å². The van der Waals surface area contributed by atoms with Gasteiger partial charge in [-0.05, 0) is 37.8 Å². The first kappa shape index (κ1) is 17.9. The highest BCUT2D eigenvalue weighted by Crippen LogP contribution is 2.30. The third kappa shape index (κ3) is 4.08. The summed E-state index contributed by atoms with van der Waals surface area (Å²) in [6.07, 6.45) is 4.91. The summed E-state index contributed by atoms with van der Waals surface area (Å²) in [6, 6.07) is 8.57. The third-order valence-corrected chi connectivity index (χ3v) is 5.48. The van der Waals surface area contributed by atoms with E-state index in [1.807, 2.05) is 11.8 Å². The molecule has 2 aromatic rings. The molecule has 0 spiro atoms. The van der Waals surface area contributed by atoms with Crippen LogP contribution in [0.2, 0.25) is 0 Å². The Bertz CT molecular complexity index is 619. The molecule has 0 saturated heterocycles. The Morgan fingerprint density at radius 2 is 1.95 bits per heavy atom. The van der Waals surface area contributed by atoms with Gasteiger partial charge >= 0.3 is 0 Å². The number of aryl methyl sites for hydroxylation is 1. The van der Waals surface area contributed by atoms with Crippen molar-refractivity contribution in [2.45, 2.75) is 25.7 Å². The van der Waals surface area contributed by atoms with Crippen LogP contribution in [0.5, 0.6) is 0 Å². The average Bonchev–Trinajstić information content (AvgIpc) is 2.53. The number of para-hydroxylation sites is 1. The van der Waals surface area contributed by atoms with Gasteiger partial charge < -0.3 is 17.7 Å². The number of fused-ring (bicyclic) bond motifs is 2. The van der Waals surface area contributed by atoms with Crippen molar-refractivity contribution < 1.29 is 17.7 Å². The van der Waals surface area contributed by atoms with E-state index in [1.165, 1.54) is 41.6 Å². The number of nitrogens with zero attached hydrogens (tertiary/aromatic N) is 1. The SMILES string of the molecule is ClCCSCC[NH2+]c1c2c(nc3ccccc13)CCCC2.[Cl-]. The maximum Gasteiger partial charge on any atom is 0.144 e. The van der Waals surface area contributed by atoms with Crippen LogP contribution in [0.15, 0.2) is 24.3 Å². The predicted molar refractivity (Wildman–Crippen MR) is 92.9 cm³/mol. The van der Waals surface area contributed by atoms with Crippen molar-refractivity contribution >= 4 is 40.0 Å². The Kier molecular flexibility index (Phi) is 7.29. The summed E-state index contributed by atoms with van der Waals surface area (Å²) in [4.78, 5) is 4.89. The van der Waals surface area contributed by atoms with Crippen LogP contribution < -0.4 is 17.7 Å². The van der Waals surface area contributed by atoms with E-state index in [0.29, 0.717) is 0 Å². The topological polar surface area (TPSA) is 29.5 Å². The monoisotopic (exact) mass is 356 g/mol. The Morgan fingerprint density at radius 1 is 1.14 bits per heavy atom. The maximum atomic E-state index is 5.73. The minimum atomic E-state index is 0. The molecular formula is C17H22Cl2N2S. The van der Waals surface area contributed by atoms with Gasteiger partial charge in [-0.1, -0.05) is 12.1 Å². The van der Waals surface area contributed by atoms with Crippen LogP contribution in [0.4, 0.5) is 5.69 Å².